The second-order valence-corrected chi connectivity index (χ2v) is 6.45. The highest BCUT2D eigenvalue weighted by atomic mass is 16.3. The van der Waals surface area contributed by atoms with Crippen LogP contribution in [-0.4, -0.2) is 54.1 Å². The highest BCUT2D eigenvalue weighted by molar-refractivity contribution is 6.39. The van der Waals surface area contributed by atoms with Crippen LogP contribution in [0.3, 0.4) is 0 Å². The molecule has 1 aliphatic heterocycles. The van der Waals surface area contributed by atoms with Crippen molar-refractivity contribution in [2.24, 2.45) is 0 Å². The van der Waals surface area contributed by atoms with Crippen molar-refractivity contribution in [1.29, 1.82) is 0 Å². The molecule has 24 heavy (non-hydrogen) atoms. The Balaban J connectivity index is 1.67. The largest absolute Gasteiger partial charge is 0.393 e. The molecule has 0 radical (unpaired) electrons. The quantitative estimate of drug-likeness (QED) is 0.559. The van der Waals surface area contributed by atoms with Gasteiger partial charge in [0.05, 0.1) is 6.10 Å². The van der Waals surface area contributed by atoms with Gasteiger partial charge in [0.2, 0.25) is 0 Å². The number of hydrogen-bond acceptors (Lipinski definition) is 4. The standard InChI is InChI=1S/C18H27N3O3/c1-13-4-5-16(14(2)12-13)20-18(24)17(23)19-8-3-9-21-10-6-15(22)7-11-21/h4-5,12,15,22H,3,6-11H2,1-2H3,(H,19,23)(H,20,24). The number of anilines is 1. The molecule has 2 rings (SSSR count). The van der Waals surface area contributed by atoms with Crippen molar-refractivity contribution >= 4 is 17.5 Å². The Hall–Kier alpha value is -1.92. The zero-order chi connectivity index (χ0) is 17.5. The fraction of sp³-hybridized carbons (Fsp3) is 0.556. The summed E-state index contributed by atoms with van der Waals surface area (Å²) in [6.07, 6.45) is 2.24. The number of hydrogen-bond donors (Lipinski definition) is 3. The number of aliphatic hydroxyl groups excluding tert-OH is 1. The lowest BCUT2D eigenvalue weighted by molar-refractivity contribution is -0.136. The minimum atomic E-state index is -0.636. The number of benzene rings is 1. The molecular weight excluding hydrogens is 306 g/mol. The number of amides is 2. The molecule has 0 unspecified atom stereocenters. The van der Waals surface area contributed by atoms with Gasteiger partial charge in [-0.15, -0.1) is 0 Å². The SMILES string of the molecule is Cc1ccc(NC(=O)C(=O)NCCCN2CCC(O)CC2)c(C)c1. The highest BCUT2D eigenvalue weighted by Gasteiger charge is 2.17. The molecule has 0 atom stereocenters. The molecule has 1 saturated heterocycles. The molecule has 6 heteroatoms. The van der Waals surface area contributed by atoms with Crippen LogP contribution in [-0.2, 0) is 9.59 Å². The molecule has 1 aromatic carbocycles. The van der Waals surface area contributed by atoms with Crippen LogP contribution in [0, 0.1) is 13.8 Å². The van der Waals surface area contributed by atoms with Gasteiger partial charge in [0.15, 0.2) is 0 Å². The zero-order valence-electron chi connectivity index (χ0n) is 14.5. The van der Waals surface area contributed by atoms with E-state index < -0.39 is 11.8 Å². The molecule has 0 aliphatic carbocycles. The number of aryl methyl sites for hydroxylation is 2. The first-order valence-electron chi connectivity index (χ1n) is 8.52. The number of rotatable bonds is 5. The average molecular weight is 333 g/mol. The maximum atomic E-state index is 11.9. The fourth-order valence-corrected chi connectivity index (χ4v) is 2.86. The molecular formula is C18H27N3O3. The van der Waals surface area contributed by atoms with Crippen molar-refractivity contribution in [2.75, 3.05) is 31.5 Å². The topological polar surface area (TPSA) is 81.7 Å². The molecule has 0 bridgehead atoms. The number of carbonyl (C=O) groups excluding carboxylic acids is 2. The van der Waals surface area contributed by atoms with E-state index in [1.54, 1.807) is 6.07 Å². The zero-order valence-corrected chi connectivity index (χ0v) is 14.5. The van der Waals surface area contributed by atoms with Gasteiger partial charge in [0.1, 0.15) is 0 Å². The van der Waals surface area contributed by atoms with Crippen molar-refractivity contribution in [2.45, 2.75) is 39.2 Å². The predicted molar refractivity (Wildman–Crippen MR) is 93.9 cm³/mol. The molecule has 1 aromatic rings. The van der Waals surface area contributed by atoms with E-state index in [1.165, 1.54) is 0 Å². The van der Waals surface area contributed by atoms with Gasteiger partial charge >= 0.3 is 11.8 Å². The molecule has 0 saturated carbocycles. The molecule has 1 fully saturated rings. The summed E-state index contributed by atoms with van der Waals surface area (Å²) < 4.78 is 0. The van der Waals surface area contributed by atoms with Crippen molar-refractivity contribution in [3.8, 4) is 0 Å². The third-order valence-corrected chi connectivity index (χ3v) is 4.33. The molecule has 3 N–H and O–H groups in total. The summed E-state index contributed by atoms with van der Waals surface area (Å²) in [7, 11) is 0. The van der Waals surface area contributed by atoms with Crippen molar-refractivity contribution < 1.29 is 14.7 Å². The third-order valence-electron chi connectivity index (χ3n) is 4.33. The maximum absolute atomic E-state index is 11.9. The summed E-state index contributed by atoms with van der Waals surface area (Å²) >= 11 is 0. The lowest BCUT2D eigenvalue weighted by Gasteiger charge is -2.29. The van der Waals surface area contributed by atoms with E-state index >= 15 is 0 Å². The van der Waals surface area contributed by atoms with E-state index in [9.17, 15) is 14.7 Å². The summed E-state index contributed by atoms with van der Waals surface area (Å²) in [6, 6.07) is 5.67. The first-order valence-corrected chi connectivity index (χ1v) is 8.52. The Morgan fingerprint density at radius 2 is 1.92 bits per heavy atom. The van der Waals surface area contributed by atoms with Crippen molar-refractivity contribution in [3.05, 3.63) is 29.3 Å². The van der Waals surface area contributed by atoms with E-state index in [2.05, 4.69) is 15.5 Å². The summed E-state index contributed by atoms with van der Waals surface area (Å²) in [5.41, 5.74) is 2.70. The molecule has 132 valence electrons. The maximum Gasteiger partial charge on any atom is 0.313 e. The molecule has 1 aliphatic rings. The Morgan fingerprint density at radius 3 is 2.58 bits per heavy atom. The van der Waals surface area contributed by atoms with Gasteiger partial charge in [-0.25, -0.2) is 0 Å². The monoisotopic (exact) mass is 333 g/mol. The minimum Gasteiger partial charge on any atom is -0.393 e. The van der Waals surface area contributed by atoms with Crippen LogP contribution in [0.25, 0.3) is 0 Å². The Bertz CT molecular complexity index is 581. The number of carbonyl (C=O) groups is 2. The lowest BCUT2D eigenvalue weighted by Crippen LogP contribution is -2.39. The van der Waals surface area contributed by atoms with E-state index in [0.717, 1.165) is 50.0 Å². The predicted octanol–water partition coefficient (Wildman–Crippen LogP) is 1.20. The first kappa shape index (κ1) is 18.4. The van der Waals surface area contributed by atoms with Crippen molar-refractivity contribution in [1.82, 2.24) is 10.2 Å². The van der Waals surface area contributed by atoms with Crippen LogP contribution in [0.2, 0.25) is 0 Å². The van der Waals surface area contributed by atoms with Crippen LogP contribution in [0.4, 0.5) is 5.69 Å². The second kappa shape index (κ2) is 8.80. The van der Waals surface area contributed by atoms with Gasteiger partial charge in [-0.3, -0.25) is 9.59 Å². The molecule has 2 amide bonds. The van der Waals surface area contributed by atoms with E-state index in [4.69, 9.17) is 0 Å². The Kier molecular flexibility index (Phi) is 6.75. The number of nitrogens with one attached hydrogen (secondary N) is 2. The average Bonchev–Trinajstić information content (AvgIpc) is 2.55. The Labute approximate surface area is 143 Å². The van der Waals surface area contributed by atoms with Crippen LogP contribution in [0.1, 0.15) is 30.4 Å². The third kappa shape index (κ3) is 5.62. The van der Waals surface area contributed by atoms with E-state index in [0.29, 0.717) is 12.2 Å². The lowest BCUT2D eigenvalue weighted by atomic mass is 10.1. The van der Waals surface area contributed by atoms with Crippen LogP contribution in [0.15, 0.2) is 18.2 Å². The van der Waals surface area contributed by atoms with Gasteiger partial charge < -0.3 is 20.6 Å². The number of aliphatic hydroxyl groups is 1. The van der Waals surface area contributed by atoms with E-state index in [-0.39, 0.29) is 6.10 Å². The number of piperidine rings is 1. The Morgan fingerprint density at radius 1 is 1.21 bits per heavy atom. The van der Waals surface area contributed by atoms with Gasteiger partial charge in [-0.2, -0.15) is 0 Å². The second-order valence-electron chi connectivity index (χ2n) is 6.45. The van der Waals surface area contributed by atoms with Gasteiger partial charge in [-0.1, -0.05) is 17.7 Å². The molecule has 0 aromatic heterocycles. The summed E-state index contributed by atoms with van der Waals surface area (Å²) in [5, 5.41) is 14.8. The van der Waals surface area contributed by atoms with Crippen LogP contribution in [0.5, 0.6) is 0 Å². The first-order chi connectivity index (χ1) is 11.5. The number of nitrogens with zero attached hydrogens (tertiary/aromatic N) is 1. The number of likely N-dealkylation sites (tertiary alicyclic amines) is 1. The van der Waals surface area contributed by atoms with Gasteiger partial charge in [0, 0.05) is 25.3 Å². The summed E-state index contributed by atoms with van der Waals surface area (Å²) in [6.45, 7) is 7.00. The smallest absolute Gasteiger partial charge is 0.313 e. The molecule has 6 nitrogen and oxygen atoms in total. The molecule has 0 spiro atoms. The summed E-state index contributed by atoms with van der Waals surface area (Å²) in [4.78, 5) is 26.0. The normalized spacial score (nSPS) is 16.0. The van der Waals surface area contributed by atoms with Gasteiger partial charge in [0.25, 0.3) is 0 Å². The van der Waals surface area contributed by atoms with Crippen LogP contribution >= 0.6 is 0 Å². The van der Waals surface area contributed by atoms with Crippen LogP contribution < -0.4 is 10.6 Å². The minimum absolute atomic E-state index is 0.171. The fourth-order valence-electron chi connectivity index (χ4n) is 2.86. The molecule has 1 heterocycles. The summed E-state index contributed by atoms with van der Waals surface area (Å²) in [5.74, 6) is -1.24. The van der Waals surface area contributed by atoms with Crippen molar-refractivity contribution in [3.63, 3.8) is 0 Å². The van der Waals surface area contributed by atoms with Gasteiger partial charge in [-0.05, 0) is 51.3 Å². The highest BCUT2D eigenvalue weighted by Crippen LogP contribution is 2.15. The van der Waals surface area contributed by atoms with E-state index in [1.807, 2.05) is 26.0 Å².